The molecule has 12 heavy (non-hydrogen) atoms. The SMILES string of the molecule is CC(C)COC(=O)OC(=O)[I-]N. The van der Waals surface area contributed by atoms with Crippen LogP contribution in [0.15, 0.2) is 0 Å². The Hall–Kier alpha value is -0.370. The van der Waals surface area contributed by atoms with Crippen molar-refractivity contribution in [3.05, 3.63) is 0 Å². The summed E-state index contributed by atoms with van der Waals surface area (Å²) in [5, 5.41) is 0. The monoisotopic (exact) mass is 288 g/mol. The van der Waals surface area contributed by atoms with Crippen molar-refractivity contribution in [2.75, 3.05) is 6.61 Å². The second-order valence-corrected chi connectivity index (χ2v) is 3.91. The molecular formula is C6H11INO4-. The van der Waals surface area contributed by atoms with Crippen LogP contribution in [-0.4, -0.2) is 16.7 Å². The van der Waals surface area contributed by atoms with Crippen LogP contribution in [0, 0.1) is 5.92 Å². The summed E-state index contributed by atoms with van der Waals surface area (Å²) in [6, 6.07) is 0. The fourth-order valence-electron chi connectivity index (χ4n) is 0.352. The number of halogens is 1. The van der Waals surface area contributed by atoms with Crippen molar-refractivity contribution in [1.29, 1.82) is 0 Å². The number of nitrogens with two attached hydrogens (primary N) is 1. The summed E-state index contributed by atoms with van der Waals surface area (Å²) in [4.78, 5) is 21.1. The number of hydrogen-bond acceptors (Lipinski definition) is 5. The molecule has 0 aromatic heterocycles. The Morgan fingerprint density at radius 3 is 2.50 bits per heavy atom. The van der Waals surface area contributed by atoms with Crippen molar-refractivity contribution in [2.45, 2.75) is 13.8 Å². The molecule has 72 valence electrons. The third-order valence-electron chi connectivity index (χ3n) is 0.787. The van der Waals surface area contributed by atoms with Crippen LogP contribution < -0.4 is 25.4 Å². The molecule has 0 radical (unpaired) electrons. The van der Waals surface area contributed by atoms with Gasteiger partial charge >= 0.3 is 81.0 Å². The first kappa shape index (κ1) is 11.6. The van der Waals surface area contributed by atoms with E-state index in [4.69, 9.17) is 3.95 Å². The van der Waals surface area contributed by atoms with Gasteiger partial charge in [0.15, 0.2) is 0 Å². The standard InChI is InChI=1S/C6H11INO4/c1-4(2)3-11-6(10)12-5(9)7-8/h4H,3,8H2,1-2H3/q-1. The van der Waals surface area contributed by atoms with Crippen LogP contribution in [0.3, 0.4) is 0 Å². The van der Waals surface area contributed by atoms with Crippen molar-refractivity contribution in [1.82, 2.24) is 0 Å². The zero-order valence-electron chi connectivity index (χ0n) is 6.87. The van der Waals surface area contributed by atoms with Crippen molar-refractivity contribution in [3.63, 3.8) is 0 Å². The van der Waals surface area contributed by atoms with Gasteiger partial charge in [-0.05, 0) is 0 Å². The van der Waals surface area contributed by atoms with E-state index in [0.717, 1.165) is 0 Å². The predicted octanol–water partition coefficient (Wildman–Crippen LogP) is -2.12. The fourth-order valence-corrected chi connectivity index (χ4v) is 0.659. The number of ether oxygens (including phenoxy) is 2. The van der Waals surface area contributed by atoms with E-state index in [-0.39, 0.29) is 12.5 Å². The van der Waals surface area contributed by atoms with Crippen molar-refractivity contribution in [3.8, 4) is 0 Å². The Bertz CT molecular complexity index is 171. The summed E-state index contributed by atoms with van der Waals surface area (Å²) < 4.78 is 13.1. The van der Waals surface area contributed by atoms with Gasteiger partial charge in [0.25, 0.3) is 0 Å². The summed E-state index contributed by atoms with van der Waals surface area (Å²) in [5.74, 6) is 0.222. The topological polar surface area (TPSA) is 78.6 Å². The van der Waals surface area contributed by atoms with Crippen LogP contribution in [-0.2, 0) is 9.47 Å². The molecule has 0 saturated carbocycles. The quantitative estimate of drug-likeness (QED) is 0.211. The van der Waals surface area contributed by atoms with Gasteiger partial charge in [-0.1, -0.05) is 0 Å². The molecule has 0 fully saturated rings. The van der Waals surface area contributed by atoms with Crippen LogP contribution >= 0.6 is 0 Å². The molecule has 2 N–H and O–H groups in total. The normalized spacial score (nSPS) is 10.0. The molecule has 0 saturated heterocycles. The summed E-state index contributed by atoms with van der Waals surface area (Å²) in [7, 11) is 0. The minimum atomic E-state index is -1.18. The second-order valence-electron chi connectivity index (χ2n) is 2.40. The molecule has 0 rings (SSSR count). The number of carbonyl (C=O) groups excluding carboxylic acids is 2. The molecule has 0 amide bonds. The van der Waals surface area contributed by atoms with E-state index in [0.29, 0.717) is 0 Å². The molecule has 0 aromatic rings. The molecule has 0 aliphatic carbocycles. The second kappa shape index (κ2) is 6.18. The van der Waals surface area contributed by atoms with Gasteiger partial charge in [0, 0.05) is 0 Å². The molecule has 6 heteroatoms. The van der Waals surface area contributed by atoms with Gasteiger partial charge in [-0.2, -0.15) is 0 Å². The zero-order valence-corrected chi connectivity index (χ0v) is 9.03. The summed E-state index contributed by atoms with van der Waals surface area (Å²) in [6.07, 6.45) is -0.959. The number of rotatable bonds is 3. The molecule has 0 spiro atoms. The zero-order chi connectivity index (χ0) is 9.56. The van der Waals surface area contributed by atoms with E-state index in [2.05, 4.69) is 9.47 Å². The Labute approximate surface area is 81.2 Å². The Morgan fingerprint density at radius 2 is 2.08 bits per heavy atom. The van der Waals surface area contributed by atoms with E-state index in [1.165, 1.54) is 0 Å². The van der Waals surface area contributed by atoms with Gasteiger partial charge in [-0.3, -0.25) is 0 Å². The third-order valence-corrected chi connectivity index (χ3v) is 1.52. The first-order valence-electron chi connectivity index (χ1n) is 3.28. The molecule has 0 aliphatic heterocycles. The van der Waals surface area contributed by atoms with Crippen LogP contribution in [0.1, 0.15) is 13.8 Å². The minimum absolute atomic E-state index is 0.222. The predicted molar refractivity (Wildman–Crippen MR) is 36.9 cm³/mol. The van der Waals surface area contributed by atoms with Crippen molar-refractivity contribution < 1.29 is 40.5 Å². The maximum atomic E-state index is 10.6. The van der Waals surface area contributed by atoms with Crippen molar-refractivity contribution in [2.24, 2.45) is 9.86 Å². The van der Waals surface area contributed by atoms with E-state index in [1.54, 1.807) is 0 Å². The summed E-state index contributed by atoms with van der Waals surface area (Å²) in [5.41, 5.74) is 0. The van der Waals surface area contributed by atoms with Gasteiger partial charge in [-0.25, -0.2) is 0 Å². The number of carbonyl (C=O) groups is 2. The van der Waals surface area contributed by atoms with E-state index in [1.807, 2.05) is 13.8 Å². The maximum absolute atomic E-state index is 10.6. The molecule has 0 bridgehead atoms. The van der Waals surface area contributed by atoms with Crippen LogP contribution in [0.2, 0.25) is 0 Å². The Kier molecular flexibility index (Phi) is 5.99. The first-order chi connectivity index (χ1) is 5.56. The fraction of sp³-hybridized carbons (Fsp3) is 0.667. The summed E-state index contributed by atoms with van der Waals surface area (Å²) in [6.45, 7) is 4.00. The van der Waals surface area contributed by atoms with Gasteiger partial charge in [0.1, 0.15) is 0 Å². The van der Waals surface area contributed by atoms with Crippen LogP contribution in [0.25, 0.3) is 0 Å². The molecule has 0 unspecified atom stereocenters. The van der Waals surface area contributed by atoms with E-state index in [9.17, 15) is 9.59 Å². The Morgan fingerprint density at radius 1 is 1.50 bits per heavy atom. The van der Waals surface area contributed by atoms with Crippen LogP contribution in [0.5, 0.6) is 0 Å². The molecular weight excluding hydrogens is 277 g/mol. The average Bonchev–Trinajstić information content (AvgIpc) is 2.00. The molecule has 0 heterocycles. The Balaban J connectivity index is 3.53. The van der Waals surface area contributed by atoms with Gasteiger partial charge in [-0.15, -0.1) is 0 Å². The van der Waals surface area contributed by atoms with Crippen LogP contribution in [0.4, 0.5) is 9.59 Å². The molecule has 0 aromatic carbocycles. The van der Waals surface area contributed by atoms with E-state index < -0.39 is 31.6 Å². The molecule has 0 aliphatic rings. The van der Waals surface area contributed by atoms with Gasteiger partial charge in [0.2, 0.25) is 0 Å². The third kappa shape index (κ3) is 6.35. The van der Waals surface area contributed by atoms with Crippen molar-refractivity contribution >= 4 is 10.1 Å². The summed E-state index contributed by atoms with van der Waals surface area (Å²) >= 11 is -1.18. The average molecular weight is 288 g/mol. The van der Waals surface area contributed by atoms with Gasteiger partial charge in [0.05, 0.1) is 0 Å². The molecule has 0 atom stereocenters. The number of hydrogen-bond donors (Lipinski definition) is 1. The van der Waals surface area contributed by atoms with E-state index >= 15 is 0 Å². The first-order valence-corrected chi connectivity index (χ1v) is 5.60. The molecule has 5 nitrogen and oxygen atoms in total. The van der Waals surface area contributed by atoms with Gasteiger partial charge < -0.3 is 0 Å².